The van der Waals surface area contributed by atoms with Gasteiger partial charge in [-0.25, -0.2) is 0 Å². The Bertz CT molecular complexity index is 1040. The summed E-state index contributed by atoms with van der Waals surface area (Å²) in [5.41, 5.74) is 2.16. The Hall–Kier alpha value is -3.47. The highest BCUT2D eigenvalue weighted by atomic mass is 16.2. The molecule has 3 rings (SSSR count). The van der Waals surface area contributed by atoms with Gasteiger partial charge in [-0.05, 0) is 34.9 Å². The number of fused-ring (bicyclic) bond motifs is 1. The fourth-order valence-corrected chi connectivity index (χ4v) is 3.18. The number of amides is 2. The summed E-state index contributed by atoms with van der Waals surface area (Å²) in [5.74, 6) is -1.46. The highest BCUT2D eigenvalue weighted by molar-refractivity contribution is 6.35. The molecule has 0 aliphatic rings. The highest BCUT2D eigenvalue weighted by Gasteiger charge is 2.17. The second kappa shape index (κ2) is 10.9. The van der Waals surface area contributed by atoms with Gasteiger partial charge >= 0.3 is 0 Å². The zero-order valence-corrected chi connectivity index (χ0v) is 17.9. The third-order valence-electron chi connectivity index (χ3n) is 4.66. The lowest BCUT2D eigenvalue weighted by Gasteiger charge is -2.18. The molecule has 2 N–H and O–H groups in total. The number of nitrogens with one attached hydrogen (secondary N) is 2. The summed E-state index contributed by atoms with van der Waals surface area (Å²) < 4.78 is 0. The Kier molecular flexibility index (Phi) is 8.29. The molecular formula is C25H28N2O3. The van der Waals surface area contributed by atoms with Crippen LogP contribution in [0.4, 0.5) is 0 Å². The van der Waals surface area contributed by atoms with Crippen LogP contribution in [0.2, 0.25) is 0 Å². The standard InChI is InChI=1S/C23H22N2O3.C2H6/c1-15(19-13-7-10-17-8-3-5-11-20(17)19)25-23(28)21-12-6-4-9-18(21)14-24-22(27)16(2)26;1-2/h3-13,15H,14H2,1-2H3,(H,24,27)(H,25,28);1-2H3. The Labute approximate surface area is 177 Å². The third-order valence-corrected chi connectivity index (χ3v) is 4.66. The van der Waals surface area contributed by atoms with Gasteiger partial charge in [0.25, 0.3) is 11.8 Å². The monoisotopic (exact) mass is 404 g/mol. The second-order valence-electron chi connectivity index (χ2n) is 6.66. The first-order valence-electron chi connectivity index (χ1n) is 10.1. The van der Waals surface area contributed by atoms with Crippen LogP contribution in [0.15, 0.2) is 66.7 Å². The minimum atomic E-state index is -0.667. The molecule has 30 heavy (non-hydrogen) atoms. The van der Waals surface area contributed by atoms with Crippen molar-refractivity contribution >= 4 is 28.4 Å². The molecule has 0 aliphatic carbocycles. The van der Waals surface area contributed by atoms with Gasteiger partial charge in [0.2, 0.25) is 5.78 Å². The average Bonchev–Trinajstić information content (AvgIpc) is 2.78. The first-order valence-corrected chi connectivity index (χ1v) is 10.1. The lowest BCUT2D eigenvalue weighted by molar-refractivity contribution is -0.136. The SMILES string of the molecule is CC.CC(=O)C(=O)NCc1ccccc1C(=O)NC(C)c1cccc2ccccc12. The van der Waals surface area contributed by atoms with E-state index in [0.29, 0.717) is 11.1 Å². The minimum absolute atomic E-state index is 0.116. The van der Waals surface area contributed by atoms with Crippen LogP contribution in [0.25, 0.3) is 10.8 Å². The molecule has 0 saturated carbocycles. The van der Waals surface area contributed by atoms with Crippen LogP contribution in [0.1, 0.15) is 55.2 Å². The highest BCUT2D eigenvalue weighted by Crippen LogP contribution is 2.24. The van der Waals surface area contributed by atoms with Crippen LogP contribution in [-0.2, 0) is 16.1 Å². The summed E-state index contributed by atoms with van der Waals surface area (Å²) >= 11 is 0. The maximum absolute atomic E-state index is 12.9. The van der Waals surface area contributed by atoms with E-state index in [1.165, 1.54) is 6.92 Å². The van der Waals surface area contributed by atoms with Crippen LogP contribution in [-0.4, -0.2) is 17.6 Å². The van der Waals surface area contributed by atoms with Crippen molar-refractivity contribution < 1.29 is 14.4 Å². The van der Waals surface area contributed by atoms with Crippen LogP contribution in [0.5, 0.6) is 0 Å². The maximum Gasteiger partial charge on any atom is 0.287 e. The molecule has 3 aromatic carbocycles. The van der Waals surface area contributed by atoms with Crippen LogP contribution >= 0.6 is 0 Å². The van der Waals surface area contributed by atoms with Crippen molar-refractivity contribution in [2.75, 3.05) is 0 Å². The van der Waals surface area contributed by atoms with Crippen LogP contribution in [0.3, 0.4) is 0 Å². The molecule has 0 bridgehead atoms. The van der Waals surface area contributed by atoms with E-state index in [0.717, 1.165) is 16.3 Å². The number of carbonyl (C=O) groups is 3. The van der Waals surface area contributed by atoms with E-state index in [1.54, 1.807) is 24.3 Å². The van der Waals surface area contributed by atoms with Crippen LogP contribution < -0.4 is 10.6 Å². The normalized spacial score (nSPS) is 11.1. The Morgan fingerprint density at radius 1 is 0.867 bits per heavy atom. The Balaban J connectivity index is 0.00000155. The van der Waals surface area contributed by atoms with Crippen molar-refractivity contribution in [1.82, 2.24) is 10.6 Å². The summed E-state index contributed by atoms with van der Waals surface area (Å²) in [6.07, 6.45) is 0. The number of Topliss-reactive ketones (excluding diaryl/α,β-unsaturated/α-hetero) is 1. The molecule has 1 atom stereocenters. The largest absolute Gasteiger partial charge is 0.345 e. The zero-order chi connectivity index (χ0) is 22.1. The van der Waals surface area contributed by atoms with Gasteiger partial charge in [-0.1, -0.05) is 74.5 Å². The molecule has 0 aromatic heterocycles. The Morgan fingerprint density at radius 3 is 2.23 bits per heavy atom. The van der Waals surface area contributed by atoms with Crippen molar-refractivity contribution in [3.63, 3.8) is 0 Å². The van der Waals surface area contributed by atoms with E-state index in [2.05, 4.69) is 10.6 Å². The van der Waals surface area contributed by atoms with Gasteiger partial charge in [0.05, 0.1) is 6.04 Å². The van der Waals surface area contributed by atoms with E-state index in [-0.39, 0.29) is 18.5 Å². The van der Waals surface area contributed by atoms with Crippen molar-refractivity contribution in [3.05, 3.63) is 83.4 Å². The molecule has 5 heteroatoms. The van der Waals surface area contributed by atoms with Crippen LogP contribution in [0, 0.1) is 0 Å². The van der Waals surface area contributed by atoms with Crippen molar-refractivity contribution in [3.8, 4) is 0 Å². The zero-order valence-electron chi connectivity index (χ0n) is 17.9. The minimum Gasteiger partial charge on any atom is -0.345 e. The van der Waals surface area contributed by atoms with Gasteiger partial charge in [0.1, 0.15) is 0 Å². The summed E-state index contributed by atoms with van der Waals surface area (Å²) in [4.78, 5) is 35.5. The fourth-order valence-electron chi connectivity index (χ4n) is 3.18. The fraction of sp³-hybridized carbons (Fsp3) is 0.240. The van der Waals surface area contributed by atoms with E-state index < -0.39 is 11.7 Å². The number of benzene rings is 3. The average molecular weight is 405 g/mol. The van der Waals surface area contributed by atoms with Gasteiger partial charge in [-0.3, -0.25) is 14.4 Å². The molecule has 156 valence electrons. The molecule has 5 nitrogen and oxygen atoms in total. The van der Waals surface area contributed by atoms with Crippen molar-refractivity contribution in [1.29, 1.82) is 0 Å². The molecule has 0 spiro atoms. The molecule has 0 radical (unpaired) electrons. The predicted octanol–water partition coefficient (Wildman–Crippen LogP) is 4.56. The van der Waals surface area contributed by atoms with Crippen molar-refractivity contribution in [2.24, 2.45) is 0 Å². The first-order chi connectivity index (χ1) is 14.5. The smallest absolute Gasteiger partial charge is 0.287 e. The van der Waals surface area contributed by atoms with Gasteiger partial charge in [-0.2, -0.15) is 0 Å². The maximum atomic E-state index is 12.9. The second-order valence-corrected chi connectivity index (χ2v) is 6.66. The summed E-state index contributed by atoms with van der Waals surface area (Å²) in [6, 6.07) is 20.9. The molecule has 0 aliphatic heterocycles. The van der Waals surface area contributed by atoms with E-state index >= 15 is 0 Å². The molecule has 0 saturated heterocycles. The predicted molar refractivity (Wildman–Crippen MR) is 120 cm³/mol. The number of ketones is 1. The lowest BCUT2D eigenvalue weighted by Crippen LogP contribution is -2.31. The number of carbonyl (C=O) groups excluding carboxylic acids is 3. The topological polar surface area (TPSA) is 75.3 Å². The van der Waals surface area contributed by atoms with E-state index in [9.17, 15) is 14.4 Å². The number of rotatable bonds is 6. The molecule has 2 amide bonds. The van der Waals surface area contributed by atoms with E-state index in [4.69, 9.17) is 0 Å². The summed E-state index contributed by atoms with van der Waals surface area (Å²) in [7, 11) is 0. The van der Waals surface area contributed by atoms with Gasteiger partial charge in [-0.15, -0.1) is 0 Å². The summed E-state index contributed by atoms with van der Waals surface area (Å²) in [5, 5.41) is 7.79. The first kappa shape index (κ1) is 22.8. The lowest BCUT2D eigenvalue weighted by atomic mass is 9.99. The van der Waals surface area contributed by atoms with Gasteiger partial charge < -0.3 is 10.6 Å². The molecular weight excluding hydrogens is 376 g/mol. The third kappa shape index (κ3) is 5.54. The Morgan fingerprint density at radius 2 is 1.50 bits per heavy atom. The molecule has 0 heterocycles. The summed E-state index contributed by atoms with van der Waals surface area (Å²) in [6.45, 7) is 7.27. The van der Waals surface area contributed by atoms with E-state index in [1.807, 2.05) is 63.2 Å². The van der Waals surface area contributed by atoms with Crippen molar-refractivity contribution in [2.45, 2.75) is 40.3 Å². The van der Waals surface area contributed by atoms with Gasteiger partial charge in [0, 0.05) is 19.0 Å². The quantitative estimate of drug-likeness (QED) is 0.591. The number of hydrogen-bond donors (Lipinski definition) is 2. The number of hydrogen-bond acceptors (Lipinski definition) is 3. The molecule has 1 unspecified atom stereocenters. The molecule has 0 fully saturated rings. The molecule has 3 aromatic rings. The van der Waals surface area contributed by atoms with Gasteiger partial charge in [0.15, 0.2) is 0 Å².